The van der Waals surface area contributed by atoms with Gasteiger partial charge in [-0.25, -0.2) is 9.37 Å². The van der Waals surface area contributed by atoms with Crippen molar-refractivity contribution in [2.24, 2.45) is 0 Å². The molecule has 0 atom stereocenters. The van der Waals surface area contributed by atoms with Crippen molar-refractivity contribution in [2.75, 3.05) is 5.73 Å². The average molecular weight is 197 g/mol. The lowest BCUT2D eigenvalue weighted by molar-refractivity contribution is 0.639. The Morgan fingerprint density at radius 2 is 2.15 bits per heavy atom. The van der Waals surface area contributed by atoms with Gasteiger partial charge in [-0.3, -0.25) is 0 Å². The fourth-order valence-electron chi connectivity index (χ4n) is 1.15. The van der Waals surface area contributed by atoms with E-state index in [0.29, 0.717) is 10.9 Å². The van der Waals surface area contributed by atoms with Gasteiger partial charge in [-0.15, -0.1) is 0 Å². The third-order valence-electron chi connectivity index (χ3n) is 1.79. The van der Waals surface area contributed by atoms with Crippen molar-refractivity contribution in [3.63, 3.8) is 0 Å². The summed E-state index contributed by atoms with van der Waals surface area (Å²) >= 11 is 5.71. The fraction of sp³-hybridized carbons (Fsp3) is 0. The first kappa shape index (κ1) is 8.26. The van der Waals surface area contributed by atoms with E-state index >= 15 is 0 Å². The van der Waals surface area contributed by atoms with Gasteiger partial charge in [0.1, 0.15) is 11.6 Å². The molecule has 1 aromatic heterocycles. The number of aromatic nitrogens is 1. The van der Waals surface area contributed by atoms with Crippen molar-refractivity contribution in [1.82, 2.24) is 4.98 Å². The molecule has 2 aromatic rings. The van der Waals surface area contributed by atoms with Crippen LogP contribution in [0.15, 0.2) is 24.3 Å². The molecular formula is C9H6ClFN2. The minimum Gasteiger partial charge on any atom is -0.382 e. The summed E-state index contributed by atoms with van der Waals surface area (Å²) in [6.07, 6.45) is 0. The SMILES string of the molecule is Nc1nc2cccc(F)c2cc1Cl. The fourth-order valence-corrected chi connectivity index (χ4v) is 1.30. The van der Waals surface area contributed by atoms with Crippen LogP contribution in [0.4, 0.5) is 10.2 Å². The van der Waals surface area contributed by atoms with Crippen LogP contribution < -0.4 is 5.73 Å². The number of benzene rings is 1. The van der Waals surface area contributed by atoms with Crippen LogP contribution >= 0.6 is 11.6 Å². The average Bonchev–Trinajstić information content (AvgIpc) is 2.09. The summed E-state index contributed by atoms with van der Waals surface area (Å²) in [4.78, 5) is 3.94. The van der Waals surface area contributed by atoms with E-state index in [4.69, 9.17) is 17.3 Å². The zero-order chi connectivity index (χ0) is 9.42. The number of nitrogens with two attached hydrogens (primary N) is 1. The van der Waals surface area contributed by atoms with Crippen molar-refractivity contribution < 1.29 is 4.39 Å². The summed E-state index contributed by atoms with van der Waals surface area (Å²) < 4.78 is 13.2. The molecule has 0 fully saturated rings. The van der Waals surface area contributed by atoms with Crippen molar-refractivity contribution in [1.29, 1.82) is 0 Å². The van der Waals surface area contributed by atoms with Gasteiger partial charge in [0.05, 0.1) is 10.5 Å². The molecule has 0 aliphatic rings. The lowest BCUT2D eigenvalue weighted by Crippen LogP contribution is -1.92. The number of hydrogen-bond acceptors (Lipinski definition) is 2. The maximum atomic E-state index is 13.2. The standard InChI is InChI=1S/C9H6ClFN2/c10-6-4-5-7(11)2-1-3-8(5)13-9(6)12/h1-4H,(H2,12,13). The predicted molar refractivity (Wildman–Crippen MR) is 51.1 cm³/mol. The van der Waals surface area contributed by atoms with E-state index in [-0.39, 0.29) is 16.7 Å². The number of rotatable bonds is 0. The molecule has 0 radical (unpaired) electrons. The van der Waals surface area contributed by atoms with E-state index in [1.807, 2.05) is 0 Å². The second-order valence-electron chi connectivity index (χ2n) is 2.66. The molecule has 0 saturated heterocycles. The first-order chi connectivity index (χ1) is 6.18. The summed E-state index contributed by atoms with van der Waals surface area (Å²) in [5.41, 5.74) is 5.99. The highest BCUT2D eigenvalue weighted by Crippen LogP contribution is 2.23. The Balaban J connectivity index is 2.89. The minimum absolute atomic E-state index is 0.222. The van der Waals surface area contributed by atoms with Crippen LogP contribution in [0.2, 0.25) is 5.02 Å². The highest BCUT2D eigenvalue weighted by atomic mass is 35.5. The number of nitrogen functional groups attached to an aromatic ring is 1. The van der Waals surface area contributed by atoms with Gasteiger partial charge < -0.3 is 5.73 Å². The molecular weight excluding hydrogens is 191 g/mol. The van der Waals surface area contributed by atoms with Crippen LogP contribution in [0.1, 0.15) is 0 Å². The van der Waals surface area contributed by atoms with Crippen LogP contribution in [0, 0.1) is 5.82 Å². The van der Waals surface area contributed by atoms with Crippen molar-refractivity contribution >= 4 is 28.3 Å². The Kier molecular flexibility index (Phi) is 1.81. The third kappa shape index (κ3) is 1.31. The van der Waals surface area contributed by atoms with Crippen LogP contribution in [0.3, 0.4) is 0 Å². The number of halogens is 2. The van der Waals surface area contributed by atoms with Crippen LogP contribution in [-0.2, 0) is 0 Å². The van der Waals surface area contributed by atoms with Gasteiger partial charge >= 0.3 is 0 Å². The summed E-state index contributed by atoms with van der Waals surface area (Å²) in [6.45, 7) is 0. The lowest BCUT2D eigenvalue weighted by Gasteiger charge is -2.01. The second kappa shape index (κ2) is 2.85. The minimum atomic E-state index is -0.341. The molecule has 0 unspecified atom stereocenters. The van der Waals surface area contributed by atoms with Crippen LogP contribution in [-0.4, -0.2) is 4.98 Å². The maximum Gasteiger partial charge on any atom is 0.142 e. The molecule has 0 amide bonds. The number of hydrogen-bond donors (Lipinski definition) is 1. The molecule has 0 bridgehead atoms. The van der Waals surface area contributed by atoms with E-state index < -0.39 is 0 Å². The Labute approximate surface area is 79.1 Å². The smallest absolute Gasteiger partial charge is 0.142 e. The molecule has 0 aliphatic heterocycles. The van der Waals surface area contributed by atoms with E-state index in [1.165, 1.54) is 12.1 Å². The van der Waals surface area contributed by atoms with Gasteiger partial charge in [-0.1, -0.05) is 17.7 Å². The van der Waals surface area contributed by atoms with Gasteiger partial charge in [-0.2, -0.15) is 0 Å². The quantitative estimate of drug-likeness (QED) is 0.704. The summed E-state index contributed by atoms with van der Waals surface area (Å²) in [5, 5.41) is 0.666. The van der Waals surface area contributed by atoms with Crippen molar-refractivity contribution in [3.8, 4) is 0 Å². The Hall–Kier alpha value is -1.35. The first-order valence-corrected chi connectivity index (χ1v) is 4.06. The molecule has 4 heteroatoms. The number of anilines is 1. The molecule has 1 aromatic carbocycles. The normalized spacial score (nSPS) is 10.6. The van der Waals surface area contributed by atoms with Gasteiger partial charge in [-0.05, 0) is 18.2 Å². The highest BCUT2D eigenvalue weighted by Gasteiger charge is 2.04. The first-order valence-electron chi connectivity index (χ1n) is 3.69. The third-order valence-corrected chi connectivity index (χ3v) is 2.09. The Morgan fingerprint density at radius 1 is 1.38 bits per heavy atom. The van der Waals surface area contributed by atoms with Gasteiger partial charge in [0.15, 0.2) is 0 Å². The predicted octanol–water partition coefficient (Wildman–Crippen LogP) is 2.61. The molecule has 2 nitrogen and oxygen atoms in total. The summed E-state index contributed by atoms with van der Waals surface area (Å²) in [7, 11) is 0. The van der Waals surface area contributed by atoms with E-state index in [0.717, 1.165) is 0 Å². The van der Waals surface area contributed by atoms with E-state index in [2.05, 4.69) is 4.98 Å². The zero-order valence-corrected chi connectivity index (χ0v) is 7.35. The summed E-state index contributed by atoms with van der Waals surface area (Å²) in [6, 6.07) is 6.11. The Morgan fingerprint density at radius 3 is 2.92 bits per heavy atom. The van der Waals surface area contributed by atoms with Gasteiger partial charge in [0.25, 0.3) is 0 Å². The molecule has 0 saturated carbocycles. The molecule has 0 aliphatic carbocycles. The number of nitrogens with zero attached hydrogens (tertiary/aromatic N) is 1. The monoisotopic (exact) mass is 196 g/mol. The highest BCUT2D eigenvalue weighted by molar-refractivity contribution is 6.33. The van der Waals surface area contributed by atoms with Crippen LogP contribution in [0.25, 0.3) is 10.9 Å². The lowest BCUT2D eigenvalue weighted by atomic mass is 10.2. The van der Waals surface area contributed by atoms with E-state index in [9.17, 15) is 4.39 Å². The zero-order valence-electron chi connectivity index (χ0n) is 6.59. The molecule has 1 heterocycles. The van der Waals surface area contributed by atoms with Gasteiger partial charge in [0.2, 0.25) is 0 Å². The molecule has 2 N–H and O–H groups in total. The largest absolute Gasteiger partial charge is 0.382 e. The van der Waals surface area contributed by atoms with Crippen molar-refractivity contribution in [2.45, 2.75) is 0 Å². The topological polar surface area (TPSA) is 38.9 Å². The van der Waals surface area contributed by atoms with Crippen molar-refractivity contribution in [3.05, 3.63) is 35.1 Å². The number of fused-ring (bicyclic) bond motifs is 1. The molecule has 0 spiro atoms. The summed E-state index contributed by atoms with van der Waals surface area (Å²) in [5.74, 6) is -0.119. The Bertz CT molecular complexity index is 470. The number of pyridine rings is 1. The molecule has 66 valence electrons. The molecule has 2 rings (SSSR count). The second-order valence-corrected chi connectivity index (χ2v) is 3.07. The molecule has 13 heavy (non-hydrogen) atoms. The maximum absolute atomic E-state index is 13.2. The van der Waals surface area contributed by atoms with E-state index in [1.54, 1.807) is 12.1 Å². The van der Waals surface area contributed by atoms with Gasteiger partial charge in [0, 0.05) is 5.39 Å². The van der Waals surface area contributed by atoms with Crippen LogP contribution in [0.5, 0.6) is 0 Å².